The molecule has 0 spiro atoms. The molecule has 1 aliphatic heterocycles. The molecule has 14 heteroatoms. The van der Waals surface area contributed by atoms with Crippen LogP contribution in [0.15, 0.2) is 11.8 Å². The van der Waals surface area contributed by atoms with Crippen molar-refractivity contribution in [1.29, 1.82) is 5.41 Å². The van der Waals surface area contributed by atoms with E-state index in [1.165, 1.54) is 11.7 Å². The molecule has 0 saturated carbocycles. The lowest BCUT2D eigenvalue weighted by Gasteiger charge is -2.41. The number of guanidine groups is 1. The van der Waals surface area contributed by atoms with Gasteiger partial charge in [0.2, 0.25) is 19.1 Å². The first-order valence-electron chi connectivity index (χ1n) is 9.29. The number of nitrogens with zero attached hydrogens (tertiary/aromatic N) is 1. The van der Waals surface area contributed by atoms with E-state index in [0.717, 1.165) is 6.08 Å². The van der Waals surface area contributed by atoms with Gasteiger partial charge in [-0.15, -0.1) is 0 Å². The lowest BCUT2D eigenvalue weighted by Crippen LogP contribution is -2.65. The van der Waals surface area contributed by atoms with Crippen LogP contribution >= 0.6 is 0 Å². The quantitative estimate of drug-likeness (QED) is 0.115. The fraction of sp³-hybridized carbons (Fsp3) is 0.625. The minimum atomic E-state index is -1.66. The van der Waals surface area contributed by atoms with E-state index in [9.17, 15) is 29.7 Å². The maximum absolute atomic E-state index is 12.4. The van der Waals surface area contributed by atoms with Crippen molar-refractivity contribution < 1.29 is 39.2 Å². The molecule has 0 aromatic heterocycles. The molecule has 0 saturated heterocycles. The first kappa shape index (κ1) is 25.0. The van der Waals surface area contributed by atoms with Gasteiger partial charge in [0.05, 0.1) is 18.7 Å². The molecule has 0 fully saturated rings. The highest BCUT2D eigenvalue weighted by Crippen LogP contribution is 2.25. The highest BCUT2D eigenvalue weighted by atomic mass is 16.6. The summed E-state index contributed by atoms with van der Waals surface area (Å²) in [4.78, 5) is 37.0. The van der Waals surface area contributed by atoms with Crippen molar-refractivity contribution in [2.24, 2.45) is 5.73 Å². The van der Waals surface area contributed by atoms with Gasteiger partial charge < -0.3 is 46.0 Å². The van der Waals surface area contributed by atoms with E-state index in [-0.39, 0.29) is 0 Å². The fourth-order valence-electron chi connectivity index (χ4n) is 2.98. The minimum absolute atomic E-state index is 0.298. The topological polar surface area (TPSA) is 208 Å². The molecule has 0 aliphatic carbocycles. The first-order chi connectivity index (χ1) is 14.0. The molecule has 0 aromatic rings. The van der Waals surface area contributed by atoms with Crippen molar-refractivity contribution in [2.75, 3.05) is 13.2 Å². The molecular weight excluding hydrogens is 401 g/mol. The number of carboxylic acid groups (broad SMARTS) is 1. The Kier molecular flexibility index (Phi) is 9.40. The van der Waals surface area contributed by atoms with Crippen LogP contribution in [0, 0.1) is 5.41 Å². The van der Waals surface area contributed by atoms with Gasteiger partial charge in [-0.2, -0.15) is 0 Å². The smallest absolute Gasteiger partial charge is 0.397 e. The van der Waals surface area contributed by atoms with Gasteiger partial charge in [-0.25, -0.2) is 9.59 Å². The zero-order valence-electron chi connectivity index (χ0n) is 17.0. The summed E-state index contributed by atoms with van der Waals surface area (Å²) in [5.41, 5.74) is 5.36. The highest BCUT2D eigenvalue weighted by Gasteiger charge is 2.46. The number of nitrogens with two attached hydrogens (primary N) is 1. The molecule has 8 N–H and O–H groups in total. The summed E-state index contributed by atoms with van der Waals surface area (Å²) in [5.74, 6) is -3.10. The van der Waals surface area contributed by atoms with Crippen molar-refractivity contribution in [3.05, 3.63) is 11.8 Å². The van der Waals surface area contributed by atoms with Gasteiger partial charge in [0.25, 0.3) is 0 Å². The van der Waals surface area contributed by atoms with Crippen molar-refractivity contribution >= 4 is 31.3 Å². The monoisotopic (exact) mass is 429 g/mol. The molecule has 5 atom stereocenters. The third-order valence-electron chi connectivity index (χ3n) is 4.39. The predicted molar refractivity (Wildman–Crippen MR) is 106 cm³/mol. The van der Waals surface area contributed by atoms with Crippen LogP contribution in [0.25, 0.3) is 0 Å². The number of hydrogen-bond acceptors (Lipinski definition) is 8. The molecule has 1 heterocycles. The number of amides is 2. The van der Waals surface area contributed by atoms with Crippen LogP contribution in [0.1, 0.15) is 13.8 Å². The zero-order chi connectivity index (χ0) is 23.0. The molecule has 2 amide bonds. The lowest BCUT2D eigenvalue weighted by molar-refractivity contribution is -0.146. The number of carbonyl (C=O) groups is 3. The zero-order valence-corrected chi connectivity index (χ0v) is 17.0. The van der Waals surface area contributed by atoms with Crippen molar-refractivity contribution in [1.82, 2.24) is 15.4 Å². The maximum Gasteiger partial charge on any atom is 0.397 e. The number of aliphatic hydroxyl groups excluding tert-OH is 2. The molecule has 30 heavy (non-hydrogen) atoms. The van der Waals surface area contributed by atoms with E-state index in [1.807, 2.05) is 0 Å². The largest absolute Gasteiger partial charge is 0.477 e. The number of aliphatic hydroxyl groups is 2. The Hall–Kier alpha value is -3.00. The van der Waals surface area contributed by atoms with E-state index in [2.05, 4.69) is 10.6 Å². The number of ether oxygens (including phenoxy) is 2. The van der Waals surface area contributed by atoms with E-state index in [1.54, 1.807) is 13.7 Å². The molecule has 0 unspecified atom stereocenters. The first-order valence-corrected chi connectivity index (χ1v) is 9.29. The molecule has 0 aromatic carbocycles. The minimum Gasteiger partial charge on any atom is -0.477 e. The van der Waals surface area contributed by atoms with E-state index >= 15 is 0 Å². The summed E-state index contributed by atoms with van der Waals surface area (Å²) in [7, 11) is 0.298. The van der Waals surface area contributed by atoms with Crippen LogP contribution in [-0.4, -0.2) is 95.0 Å². The third-order valence-corrected chi connectivity index (χ3v) is 4.39. The van der Waals surface area contributed by atoms with Crippen molar-refractivity contribution in [3.8, 4) is 0 Å². The van der Waals surface area contributed by atoms with E-state index in [4.69, 9.17) is 20.6 Å². The predicted octanol–water partition coefficient (Wildman–Crippen LogP) is -2.71. The Labute approximate surface area is 174 Å². The third kappa shape index (κ3) is 6.52. The fourth-order valence-corrected chi connectivity index (χ4v) is 2.98. The van der Waals surface area contributed by atoms with E-state index < -0.39 is 66.7 Å². The van der Waals surface area contributed by atoms with Gasteiger partial charge in [-0.1, -0.05) is 6.82 Å². The molecule has 0 bridgehead atoms. The number of rotatable bonds is 9. The molecule has 13 nitrogen and oxygen atoms in total. The van der Waals surface area contributed by atoms with Crippen LogP contribution in [0.5, 0.6) is 0 Å². The van der Waals surface area contributed by atoms with Gasteiger partial charge in [-0.3, -0.25) is 10.2 Å². The van der Waals surface area contributed by atoms with Crippen LogP contribution < -0.4 is 16.4 Å². The Morgan fingerprint density at radius 2 is 2.07 bits per heavy atom. The SMILES string of the molecule is CBN(CC)C(=O)O[C@@H]([C@@H]1OC(C(=O)O)=C[C@H](NC(=N)N)[C@H]1NC(C)=O)[C@H](O)CO. The van der Waals surface area contributed by atoms with Gasteiger partial charge in [0, 0.05) is 13.5 Å². The number of carboxylic acids is 1. The second-order valence-corrected chi connectivity index (χ2v) is 6.50. The Morgan fingerprint density at radius 1 is 1.43 bits per heavy atom. The maximum atomic E-state index is 12.4. The molecular formula is C16H28BN5O8. The van der Waals surface area contributed by atoms with Crippen molar-refractivity contribution in [2.45, 2.75) is 51.1 Å². The summed E-state index contributed by atoms with van der Waals surface area (Å²) < 4.78 is 10.8. The summed E-state index contributed by atoms with van der Waals surface area (Å²) in [6.45, 7) is 4.07. The molecule has 0 radical (unpaired) electrons. The number of carbonyl (C=O) groups excluding carboxylic acids is 2. The van der Waals surface area contributed by atoms with Crippen molar-refractivity contribution in [3.63, 3.8) is 0 Å². The molecule has 1 rings (SSSR count). The number of nitrogens with one attached hydrogen (secondary N) is 3. The average molecular weight is 429 g/mol. The van der Waals surface area contributed by atoms with Crippen LogP contribution in [0.4, 0.5) is 4.79 Å². The Bertz CT molecular complexity index is 687. The van der Waals surface area contributed by atoms with Crippen LogP contribution in [-0.2, 0) is 19.1 Å². The Balaban J connectivity index is 3.41. The van der Waals surface area contributed by atoms with Crippen LogP contribution in [0.2, 0.25) is 6.82 Å². The van der Waals surface area contributed by atoms with Gasteiger partial charge in [0.1, 0.15) is 6.10 Å². The van der Waals surface area contributed by atoms with Crippen LogP contribution in [0.3, 0.4) is 0 Å². The normalized spacial score (nSPS) is 22.4. The molecule has 1 aliphatic rings. The lowest BCUT2D eigenvalue weighted by atomic mass is 9.91. The highest BCUT2D eigenvalue weighted by molar-refractivity contribution is 6.34. The van der Waals surface area contributed by atoms with Gasteiger partial charge in [-0.05, 0) is 13.0 Å². The average Bonchev–Trinajstić information content (AvgIpc) is 2.66. The Morgan fingerprint density at radius 3 is 2.50 bits per heavy atom. The summed E-state index contributed by atoms with van der Waals surface area (Å²) in [6, 6.07) is -2.15. The molecule has 168 valence electrons. The summed E-state index contributed by atoms with van der Waals surface area (Å²) in [6.07, 6.45) is -4.38. The van der Waals surface area contributed by atoms with Gasteiger partial charge >= 0.3 is 12.1 Å². The second kappa shape index (κ2) is 11.3. The summed E-state index contributed by atoms with van der Waals surface area (Å²) >= 11 is 0. The van der Waals surface area contributed by atoms with E-state index in [0.29, 0.717) is 14.0 Å². The standard InChI is InChI=1S/C16H28BN5O8/c1-4-22(17-3)16(28)30-12(9(25)6-23)13-11(20-7(2)24)8(21-15(18)19)5-10(29-13)14(26)27/h5,8-9,11-13,17,23,25H,4,6H2,1-3H3,(H,20,24)(H,26,27)(H4,18,19,21)/t8-,9+,11+,12+,13+/m0/s1. The second-order valence-electron chi connectivity index (χ2n) is 6.50. The summed E-state index contributed by atoms with van der Waals surface area (Å²) in [5, 5.41) is 41.6. The number of aliphatic carboxylic acids is 1. The number of hydrogen-bond donors (Lipinski definition) is 7. The van der Waals surface area contributed by atoms with Gasteiger partial charge in [0.15, 0.2) is 18.2 Å².